The molecule has 3 amide bonds. The third-order valence-electron chi connectivity index (χ3n) is 8.63. The molecule has 1 spiro atoms. The smallest absolute Gasteiger partial charge is 0.253 e. The van der Waals surface area contributed by atoms with E-state index in [-0.39, 0.29) is 50.4 Å². The van der Waals surface area contributed by atoms with Gasteiger partial charge in [-0.15, -0.1) is 13.2 Å². The van der Waals surface area contributed by atoms with Crippen LogP contribution in [0.1, 0.15) is 26.2 Å². The van der Waals surface area contributed by atoms with E-state index in [1.807, 2.05) is 19.1 Å². The van der Waals surface area contributed by atoms with Gasteiger partial charge in [-0.2, -0.15) is 0 Å². The molecule has 43 heavy (non-hydrogen) atoms. The lowest BCUT2D eigenvalue weighted by molar-refractivity contribution is -0.141. The second-order valence-electron chi connectivity index (χ2n) is 11.0. The molecule has 2 aromatic rings. The Balaban J connectivity index is 1.52. The van der Waals surface area contributed by atoms with Crippen molar-refractivity contribution in [1.29, 1.82) is 0 Å². The van der Waals surface area contributed by atoms with E-state index in [0.717, 1.165) is 0 Å². The molecule has 0 aliphatic carbocycles. The molecular weight excluding hydrogens is 570 g/mol. The van der Waals surface area contributed by atoms with Crippen LogP contribution in [-0.2, 0) is 19.1 Å². The van der Waals surface area contributed by atoms with E-state index >= 15 is 0 Å². The van der Waals surface area contributed by atoms with Crippen molar-refractivity contribution >= 4 is 40.7 Å². The van der Waals surface area contributed by atoms with Crippen LogP contribution in [0.3, 0.4) is 0 Å². The number of hydrogen-bond acceptors (Lipinski definition) is 6. The van der Waals surface area contributed by atoms with E-state index in [2.05, 4.69) is 13.2 Å². The van der Waals surface area contributed by atoms with Crippen LogP contribution >= 0.6 is 11.6 Å². The van der Waals surface area contributed by atoms with Crippen molar-refractivity contribution in [1.82, 2.24) is 4.90 Å². The minimum atomic E-state index is -1.17. The maximum atomic E-state index is 14.5. The molecule has 10 heteroatoms. The summed E-state index contributed by atoms with van der Waals surface area (Å²) in [6.07, 6.45) is 4.07. The van der Waals surface area contributed by atoms with Gasteiger partial charge in [-0.25, -0.2) is 0 Å². The number of carbonyl (C=O) groups is 3. The van der Waals surface area contributed by atoms with E-state index in [4.69, 9.17) is 21.1 Å². The van der Waals surface area contributed by atoms with Gasteiger partial charge in [-0.1, -0.05) is 23.8 Å². The topological polar surface area (TPSA) is 99.6 Å². The van der Waals surface area contributed by atoms with Crippen LogP contribution in [0, 0.1) is 11.8 Å². The molecule has 2 unspecified atom stereocenters. The fraction of sp³-hybridized carbons (Fsp3) is 0.424. The number of likely N-dealkylation sites (tertiary alicyclic amines) is 1. The Hall–Kier alpha value is -3.66. The molecule has 3 saturated heterocycles. The summed E-state index contributed by atoms with van der Waals surface area (Å²) in [5.41, 5.74) is 0.0934. The number of aliphatic hydroxyl groups excluding tert-OH is 1. The molecule has 5 atom stereocenters. The van der Waals surface area contributed by atoms with Gasteiger partial charge in [0.15, 0.2) is 0 Å². The summed E-state index contributed by atoms with van der Waals surface area (Å²) in [7, 11) is 0. The Morgan fingerprint density at radius 2 is 1.67 bits per heavy atom. The van der Waals surface area contributed by atoms with Crippen molar-refractivity contribution in [3.05, 3.63) is 78.9 Å². The van der Waals surface area contributed by atoms with Crippen LogP contribution in [-0.4, -0.2) is 78.3 Å². The van der Waals surface area contributed by atoms with Gasteiger partial charge in [-0.05, 0) is 74.7 Å². The van der Waals surface area contributed by atoms with E-state index < -0.39 is 29.6 Å². The molecule has 9 nitrogen and oxygen atoms in total. The van der Waals surface area contributed by atoms with Crippen molar-refractivity contribution in [2.75, 3.05) is 42.6 Å². The number of aliphatic hydroxyl groups is 1. The van der Waals surface area contributed by atoms with Crippen molar-refractivity contribution < 1.29 is 29.0 Å². The average molecular weight is 608 g/mol. The number of anilines is 2. The van der Waals surface area contributed by atoms with Gasteiger partial charge in [0.25, 0.3) is 5.91 Å². The summed E-state index contributed by atoms with van der Waals surface area (Å²) in [5.74, 6) is -1.78. The van der Waals surface area contributed by atoms with Gasteiger partial charge in [0.2, 0.25) is 11.8 Å². The fourth-order valence-corrected chi connectivity index (χ4v) is 7.06. The van der Waals surface area contributed by atoms with Crippen LogP contribution < -0.4 is 14.5 Å². The molecule has 3 fully saturated rings. The molecule has 228 valence electrons. The van der Waals surface area contributed by atoms with Crippen LogP contribution in [0.4, 0.5) is 11.4 Å². The Morgan fingerprint density at radius 1 is 1.07 bits per heavy atom. The highest BCUT2D eigenvalue weighted by Gasteiger charge is 2.74. The zero-order valence-corrected chi connectivity index (χ0v) is 25.1. The summed E-state index contributed by atoms with van der Waals surface area (Å²) in [5, 5.41) is 10.2. The second kappa shape index (κ2) is 12.9. The SMILES string of the molecule is C=CCN(C(=O)C1N(CCCO)C(=O)[C@@H]2[C@@H](C(=O)N(CC=C)c3ccc(OCC)cc3)[C@H]3CCC12O3)c1ccc(Cl)cc1. The summed E-state index contributed by atoms with van der Waals surface area (Å²) in [6, 6.07) is 13.2. The molecule has 3 aliphatic rings. The van der Waals surface area contributed by atoms with Crippen LogP contribution in [0.5, 0.6) is 5.75 Å². The number of benzene rings is 2. The number of hydrogen-bond donors (Lipinski definition) is 1. The van der Waals surface area contributed by atoms with Crippen molar-refractivity contribution in [2.45, 2.75) is 43.9 Å². The molecule has 2 bridgehead atoms. The van der Waals surface area contributed by atoms with Crippen LogP contribution in [0.25, 0.3) is 0 Å². The number of amides is 3. The number of nitrogens with zero attached hydrogens (tertiary/aromatic N) is 3. The third kappa shape index (κ3) is 5.46. The summed E-state index contributed by atoms with van der Waals surface area (Å²) >= 11 is 6.11. The Morgan fingerprint density at radius 3 is 2.26 bits per heavy atom. The first-order chi connectivity index (χ1) is 20.8. The molecule has 1 N–H and O–H groups in total. The monoisotopic (exact) mass is 607 g/mol. The molecular formula is C33H38ClN3O6. The first-order valence-electron chi connectivity index (χ1n) is 14.7. The zero-order valence-electron chi connectivity index (χ0n) is 24.4. The molecule has 0 saturated carbocycles. The number of ether oxygens (including phenoxy) is 2. The van der Waals surface area contributed by atoms with E-state index in [1.54, 1.807) is 58.4 Å². The number of halogens is 1. The summed E-state index contributed by atoms with van der Waals surface area (Å²) in [4.78, 5) is 47.8. The largest absolute Gasteiger partial charge is 0.494 e. The number of carbonyl (C=O) groups excluding carboxylic acids is 3. The van der Waals surface area contributed by atoms with Gasteiger partial charge in [0.1, 0.15) is 17.4 Å². The normalized spacial score (nSPS) is 25.4. The van der Waals surface area contributed by atoms with E-state index in [1.165, 1.54) is 4.90 Å². The van der Waals surface area contributed by atoms with Crippen molar-refractivity contribution in [3.63, 3.8) is 0 Å². The fourth-order valence-electron chi connectivity index (χ4n) is 6.94. The highest BCUT2D eigenvalue weighted by atomic mass is 35.5. The number of fused-ring (bicyclic) bond motifs is 1. The quantitative estimate of drug-likeness (QED) is 0.342. The molecule has 5 rings (SSSR count). The number of rotatable bonds is 13. The highest BCUT2D eigenvalue weighted by Crippen LogP contribution is 2.59. The minimum absolute atomic E-state index is 0.146. The first-order valence-corrected chi connectivity index (χ1v) is 15.1. The van der Waals surface area contributed by atoms with Gasteiger partial charge in [-0.3, -0.25) is 14.4 Å². The molecule has 0 radical (unpaired) electrons. The minimum Gasteiger partial charge on any atom is -0.494 e. The third-order valence-corrected chi connectivity index (χ3v) is 8.88. The van der Waals surface area contributed by atoms with Gasteiger partial charge in [0.05, 0.1) is 24.5 Å². The lowest BCUT2D eigenvalue weighted by Gasteiger charge is -2.37. The summed E-state index contributed by atoms with van der Waals surface area (Å²) < 4.78 is 12.2. The van der Waals surface area contributed by atoms with Gasteiger partial charge < -0.3 is 29.3 Å². The Bertz CT molecular complexity index is 1370. The van der Waals surface area contributed by atoms with E-state index in [9.17, 15) is 19.5 Å². The predicted octanol–water partition coefficient (Wildman–Crippen LogP) is 4.23. The van der Waals surface area contributed by atoms with Gasteiger partial charge in [0, 0.05) is 42.6 Å². The van der Waals surface area contributed by atoms with Crippen molar-refractivity contribution in [3.8, 4) is 5.75 Å². The maximum absolute atomic E-state index is 14.5. The van der Waals surface area contributed by atoms with Gasteiger partial charge >= 0.3 is 0 Å². The molecule has 2 aromatic carbocycles. The first kappa shape index (κ1) is 30.8. The summed E-state index contributed by atoms with van der Waals surface area (Å²) in [6.45, 7) is 10.6. The van der Waals surface area contributed by atoms with Crippen LogP contribution in [0.15, 0.2) is 73.8 Å². The lowest BCUT2D eigenvalue weighted by atomic mass is 9.70. The van der Waals surface area contributed by atoms with Crippen molar-refractivity contribution in [2.24, 2.45) is 11.8 Å². The predicted molar refractivity (Wildman–Crippen MR) is 165 cm³/mol. The molecule has 3 heterocycles. The van der Waals surface area contributed by atoms with Crippen LogP contribution in [0.2, 0.25) is 5.02 Å². The maximum Gasteiger partial charge on any atom is 0.253 e. The molecule has 3 aliphatic heterocycles. The Labute approximate surface area is 257 Å². The zero-order chi connectivity index (χ0) is 30.7. The molecule has 0 aromatic heterocycles. The second-order valence-corrected chi connectivity index (χ2v) is 11.5. The average Bonchev–Trinajstić information content (AvgIpc) is 3.65. The lowest BCUT2D eigenvalue weighted by Crippen LogP contribution is -2.56. The standard InChI is InChI=1S/C33H38ClN3O6/c1-4-18-35(24-12-14-25(15-13-24)42-6-3)30(39)27-26-16-17-33(43-26)28(27)31(40)37(20-7-21-38)29(33)32(41)36(19-5-2)23-10-8-22(34)9-11-23/h4-5,8-15,26-29,38H,1-2,6-7,16-21H2,3H3/t26-,27+,28+,29?,33?/m1/s1. The Kier molecular flexibility index (Phi) is 9.25. The highest BCUT2D eigenvalue weighted by molar-refractivity contribution is 6.30. The van der Waals surface area contributed by atoms with E-state index in [0.29, 0.717) is 41.6 Å².